The topological polar surface area (TPSA) is 41.6 Å². The number of benzene rings is 2. The zero-order valence-electron chi connectivity index (χ0n) is 14.8. The quantitative estimate of drug-likeness (QED) is 0.880. The first kappa shape index (κ1) is 17.6. The van der Waals surface area contributed by atoms with Gasteiger partial charge in [0.1, 0.15) is 0 Å². The highest BCUT2D eigenvalue weighted by Gasteiger charge is 2.23. The monoisotopic (exact) mass is 338 g/mol. The molecule has 4 nitrogen and oxygen atoms in total. The SMILES string of the molecule is CCc1ccc(C(=O)NC[C@H](c2ccccc2)N2CCOCC2)cc1. The van der Waals surface area contributed by atoms with Crippen LogP contribution < -0.4 is 5.32 Å². The van der Waals surface area contributed by atoms with Crippen LogP contribution in [0.1, 0.15) is 34.5 Å². The third-order valence-electron chi connectivity index (χ3n) is 4.75. The molecule has 3 rings (SSSR count). The average Bonchev–Trinajstić information content (AvgIpc) is 2.70. The number of nitrogens with one attached hydrogen (secondary N) is 1. The fourth-order valence-electron chi connectivity index (χ4n) is 3.21. The summed E-state index contributed by atoms with van der Waals surface area (Å²) in [7, 11) is 0. The van der Waals surface area contributed by atoms with E-state index in [2.05, 4.69) is 29.3 Å². The third kappa shape index (κ3) is 4.68. The Morgan fingerprint density at radius 2 is 1.76 bits per heavy atom. The molecule has 0 spiro atoms. The van der Waals surface area contributed by atoms with Crippen LogP contribution in [0, 0.1) is 0 Å². The van der Waals surface area contributed by atoms with E-state index in [1.54, 1.807) is 0 Å². The zero-order chi connectivity index (χ0) is 17.5. The molecule has 0 aromatic heterocycles. The number of amides is 1. The summed E-state index contributed by atoms with van der Waals surface area (Å²) in [4.78, 5) is 14.9. The largest absolute Gasteiger partial charge is 0.379 e. The van der Waals surface area contributed by atoms with E-state index >= 15 is 0 Å². The second-order valence-electron chi connectivity index (χ2n) is 6.34. The van der Waals surface area contributed by atoms with Gasteiger partial charge in [-0.15, -0.1) is 0 Å². The first-order chi connectivity index (χ1) is 12.3. The predicted octanol–water partition coefficient (Wildman–Crippen LogP) is 3.05. The fourth-order valence-corrected chi connectivity index (χ4v) is 3.21. The summed E-state index contributed by atoms with van der Waals surface area (Å²) in [6.07, 6.45) is 0.981. The van der Waals surface area contributed by atoms with Crippen molar-refractivity contribution in [1.82, 2.24) is 10.2 Å². The summed E-state index contributed by atoms with van der Waals surface area (Å²) in [5.41, 5.74) is 3.18. The number of morpholine rings is 1. The molecule has 0 unspecified atom stereocenters. The van der Waals surface area contributed by atoms with Crippen LogP contribution in [-0.2, 0) is 11.2 Å². The van der Waals surface area contributed by atoms with E-state index < -0.39 is 0 Å². The predicted molar refractivity (Wildman–Crippen MR) is 99.7 cm³/mol. The van der Waals surface area contributed by atoms with Crippen LogP contribution in [0.2, 0.25) is 0 Å². The Balaban J connectivity index is 1.68. The van der Waals surface area contributed by atoms with Crippen LogP contribution in [0.4, 0.5) is 0 Å². The molecule has 0 bridgehead atoms. The van der Waals surface area contributed by atoms with Crippen molar-refractivity contribution in [2.24, 2.45) is 0 Å². The molecule has 4 heteroatoms. The Labute approximate surface area is 149 Å². The first-order valence-electron chi connectivity index (χ1n) is 9.02. The minimum atomic E-state index is -0.0168. The van der Waals surface area contributed by atoms with E-state index in [1.807, 2.05) is 42.5 Å². The number of rotatable bonds is 6. The molecule has 0 aliphatic carbocycles. The van der Waals surface area contributed by atoms with Crippen LogP contribution in [0.25, 0.3) is 0 Å². The van der Waals surface area contributed by atoms with Gasteiger partial charge in [-0.05, 0) is 29.7 Å². The molecule has 1 atom stereocenters. The van der Waals surface area contributed by atoms with E-state index in [1.165, 1.54) is 11.1 Å². The molecule has 1 amide bonds. The fraction of sp³-hybridized carbons (Fsp3) is 0.381. The molecular weight excluding hydrogens is 312 g/mol. The lowest BCUT2D eigenvalue weighted by molar-refractivity contribution is 0.0162. The smallest absolute Gasteiger partial charge is 0.251 e. The van der Waals surface area contributed by atoms with Crippen LogP contribution >= 0.6 is 0 Å². The normalized spacial score (nSPS) is 16.4. The highest BCUT2D eigenvalue weighted by Crippen LogP contribution is 2.21. The van der Waals surface area contributed by atoms with Crippen molar-refractivity contribution < 1.29 is 9.53 Å². The lowest BCUT2D eigenvalue weighted by Crippen LogP contribution is -2.43. The minimum Gasteiger partial charge on any atom is -0.379 e. The van der Waals surface area contributed by atoms with Gasteiger partial charge in [-0.3, -0.25) is 9.69 Å². The second-order valence-corrected chi connectivity index (χ2v) is 6.34. The Hall–Kier alpha value is -2.17. The van der Waals surface area contributed by atoms with Crippen molar-refractivity contribution in [2.45, 2.75) is 19.4 Å². The second kappa shape index (κ2) is 8.79. The van der Waals surface area contributed by atoms with Gasteiger partial charge in [-0.1, -0.05) is 49.4 Å². The zero-order valence-corrected chi connectivity index (χ0v) is 14.8. The summed E-state index contributed by atoms with van der Waals surface area (Å²) in [6, 6.07) is 18.4. The van der Waals surface area contributed by atoms with Crippen molar-refractivity contribution in [2.75, 3.05) is 32.8 Å². The van der Waals surface area contributed by atoms with Crippen molar-refractivity contribution in [3.63, 3.8) is 0 Å². The van der Waals surface area contributed by atoms with Gasteiger partial charge in [0.15, 0.2) is 0 Å². The molecular formula is C21H26N2O2. The lowest BCUT2D eigenvalue weighted by Gasteiger charge is -2.35. The van der Waals surface area contributed by atoms with Crippen molar-refractivity contribution in [1.29, 1.82) is 0 Å². The number of carbonyl (C=O) groups is 1. The van der Waals surface area contributed by atoms with E-state index in [0.29, 0.717) is 12.1 Å². The molecule has 1 N–H and O–H groups in total. The standard InChI is InChI=1S/C21H26N2O2/c1-2-17-8-10-19(11-9-17)21(24)22-16-20(18-6-4-3-5-7-18)23-12-14-25-15-13-23/h3-11,20H,2,12-16H2,1H3,(H,22,24)/t20-/m1/s1. The number of ether oxygens (including phenoxy) is 1. The van der Waals surface area contributed by atoms with E-state index in [4.69, 9.17) is 4.74 Å². The summed E-state index contributed by atoms with van der Waals surface area (Å²) in [5.74, 6) is -0.0168. The Morgan fingerprint density at radius 3 is 2.40 bits per heavy atom. The Morgan fingerprint density at radius 1 is 1.08 bits per heavy atom. The van der Waals surface area contributed by atoms with E-state index in [0.717, 1.165) is 32.7 Å². The van der Waals surface area contributed by atoms with Crippen LogP contribution in [-0.4, -0.2) is 43.7 Å². The summed E-state index contributed by atoms with van der Waals surface area (Å²) in [6.45, 7) is 5.98. The first-order valence-corrected chi connectivity index (χ1v) is 9.02. The molecule has 2 aromatic rings. The van der Waals surface area contributed by atoms with Gasteiger partial charge in [-0.25, -0.2) is 0 Å². The van der Waals surface area contributed by atoms with Crippen LogP contribution in [0.15, 0.2) is 54.6 Å². The highest BCUT2D eigenvalue weighted by molar-refractivity contribution is 5.94. The molecule has 0 radical (unpaired) electrons. The maximum absolute atomic E-state index is 12.5. The molecule has 1 aliphatic rings. The number of carbonyl (C=O) groups excluding carboxylic acids is 1. The van der Waals surface area contributed by atoms with Gasteiger partial charge >= 0.3 is 0 Å². The lowest BCUT2D eigenvalue weighted by atomic mass is 10.0. The number of aryl methyl sites for hydroxylation is 1. The molecule has 2 aromatic carbocycles. The van der Waals surface area contributed by atoms with Gasteiger partial charge in [-0.2, -0.15) is 0 Å². The van der Waals surface area contributed by atoms with Gasteiger partial charge in [0.25, 0.3) is 5.91 Å². The van der Waals surface area contributed by atoms with Crippen LogP contribution in [0.5, 0.6) is 0 Å². The molecule has 0 saturated carbocycles. The molecule has 1 aliphatic heterocycles. The Bertz CT molecular complexity index is 664. The summed E-state index contributed by atoms with van der Waals surface area (Å²) < 4.78 is 5.47. The maximum atomic E-state index is 12.5. The summed E-state index contributed by atoms with van der Waals surface area (Å²) >= 11 is 0. The molecule has 1 fully saturated rings. The number of hydrogen-bond donors (Lipinski definition) is 1. The summed E-state index contributed by atoms with van der Waals surface area (Å²) in [5, 5.41) is 3.11. The molecule has 1 heterocycles. The van der Waals surface area contributed by atoms with Crippen LogP contribution in [0.3, 0.4) is 0 Å². The molecule has 25 heavy (non-hydrogen) atoms. The van der Waals surface area contributed by atoms with Gasteiger partial charge in [0.05, 0.1) is 19.3 Å². The third-order valence-corrected chi connectivity index (χ3v) is 4.75. The van der Waals surface area contributed by atoms with E-state index in [-0.39, 0.29) is 11.9 Å². The van der Waals surface area contributed by atoms with E-state index in [9.17, 15) is 4.79 Å². The highest BCUT2D eigenvalue weighted by atomic mass is 16.5. The maximum Gasteiger partial charge on any atom is 0.251 e. The minimum absolute atomic E-state index is 0.0168. The van der Waals surface area contributed by atoms with Crippen molar-refractivity contribution in [3.05, 3.63) is 71.3 Å². The molecule has 1 saturated heterocycles. The Kier molecular flexibility index (Phi) is 6.20. The van der Waals surface area contributed by atoms with Gasteiger partial charge < -0.3 is 10.1 Å². The van der Waals surface area contributed by atoms with Crippen molar-refractivity contribution >= 4 is 5.91 Å². The van der Waals surface area contributed by atoms with Crippen molar-refractivity contribution in [3.8, 4) is 0 Å². The number of hydrogen-bond acceptors (Lipinski definition) is 3. The van der Waals surface area contributed by atoms with Gasteiger partial charge in [0.2, 0.25) is 0 Å². The van der Waals surface area contributed by atoms with Gasteiger partial charge in [0, 0.05) is 25.2 Å². The number of nitrogens with zero attached hydrogens (tertiary/aromatic N) is 1. The molecule has 132 valence electrons. The average molecular weight is 338 g/mol.